The molecule has 1 aromatic carbocycles. The summed E-state index contributed by atoms with van der Waals surface area (Å²) in [4.78, 5) is 14.2. The normalized spacial score (nSPS) is 17.1. The van der Waals surface area contributed by atoms with E-state index in [2.05, 4.69) is 10.2 Å². The van der Waals surface area contributed by atoms with Gasteiger partial charge in [-0.2, -0.15) is 0 Å². The molecule has 0 spiro atoms. The number of piperidine rings is 1. The number of halogens is 1. The van der Waals surface area contributed by atoms with Gasteiger partial charge in [0.2, 0.25) is 5.91 Å². The van der Waals surface area contributed by atoms with Crippen LogP contribution in [-0.4, -0.2) is 43.7 Å². The number of methoxy groups -OCH3 is 1. The molecule has 0 aliphatic carbocycles. The van der Waals surface area contributed by atoms with Gasteiger partial charge in [-0.3, -0.25) is 9.69 Å². The lowest BCUT2D eigenvalue weighted by atomic mass is 10.1. The third kappa shape index (κ3) is 3.95. The number of likely N-dealkylation sites (tertiary alicyclic amines) is 1. The van der Waals surface area contributed by atoms with E-state index in [1.165, 1.54) is 0 Å². The van der Waals surface area contributed by atoms with Gasteiger partial charge in [-0.05, 0) is 37.5 Å². The molecule has 1 fully saturated rings. The van der Waals surface area contributed by atoms with Gasteiger partial charge in [0.05, 0.1) is 12.6 Å². The molecule has 1 N–H and O–H groups in total. The Kier molecular flexibility index (Phi) is 5.40. The zero-order chi connectivity index (χ0) is 14.5. The fraction of sp³-hybridized carbons (Fsp3) is 0.533. The maximum absolute atomic E-state index is 12.1. The molecule has 0 unspecified atom stereocenters. The van der Waals surface area contributed by atoms with Crippen LogP contribution in [0.4, 0.5) is 5.69 Å². The van der Waals surface area contributed by atoms with Crippen molar-refractivity contribution in [1.29, 1.82) is 0 Å². The molecule has 4 nitrogen and oxygen atoms in total. The standard InChI is InChI=1S/C15H21ClN2O2/c1-11-13(16)4-3-5-14(11)17-15(19)10-18-8-6-12(20-2)7-9-18/h3-5,12H,6-10H2,1-2H3,(H,17,19). The predicted octanol–water partition coefficient (Wildman–Crippen LogP) is 2.70. The molecule has 1 amide bonds. The summed E-state index contributed by atoms with van der Waals surface area (Å²) in [6.07, 6.45) is 2.31. The number of nitrogens with zero attached hydrogens (tertiary/aromatic N) is 1. The summed E-state index contributed by atoms with van der Waals surface area (Å²) in [6.45, 7) is 4.13. The summed E-state index contributed by atoms with van der Waals surface area (Å²) in [5, 5.41) is 3.60. The van der Waals surface area contributed by atoms with Crippen molar-refractivity contribution in [3.8, 4) is 0 Å². The lowest BCUT2D eigenvalue weighted by Crippen LogP contribution is -2.41. The highest BCUT2D eigenvalue weighted by Gasteiger charge is 2.20. The van der Waals surface area contributed by atoms with Crippen molar-refractivity contribution in [2.24, 2.45) is 0 Å². The molecule has 0 radical (unpaired) electrons. The number of benzene rings is 1. The molecule has 1 aliphatic rings. The van der Waals surface area contributed by atoms with Gasteiger partial charge in [0, 0.05) is 30.9 Å². The Morgan fingerprint density at radius 2 is 2.15 bits per heavy atom. The monoisotopic (exact) mass is 296 g/mol. The van der Waals surface area contributed by atoms with Crippen LogP contribution in [0.5, 0.6) is 0 Å². The Morgan fingerprint density at radius 3 is 2.80 bits per heavy atom. The average molecular weight is 297 g/mol. The van der Waals surface area contributed by atoms with E-state index < -0.39 is 0 Å². The molecule has 110 valence electrons. The van der Waals surface area contributed by atoms with Gasteiger partial charge >= 0.3 is 0 Å². The van der Waals surface area contributed by atoms with Crippen molar-refractivity contribution >= 4 is 23.2 Å². The van der Waals surface area contributed by atoms with Gasteiger partial charge in [-0.25, -0.2) is 0 Å². The second-order valence-electron chi connectivity index (χ2n) is 5.17. The summed E-state index contributed by atoms with van der Waals surface area (Å²) in [5.41, 5.74) is 1.69. The fourth-order valence-corrected chi connectivity index (χ4v) is 2.61. The minimum absolute atomic E-state index is 0.00577. The second-order valence-corrected chi connectivity index (χ2v) is 5.58. The number of anilines is 1. The highest BCUT2D eigenvalue weighted by Crippen LogP contribution is 2.23. The third-order valence-corrected chi connectivity index (χ3v) is 4.19. The first-order chi connectivity index (χ1) is 9.60. The maximum atomic E-state index is 12.1. The van der Waals surface area contributed by atoms with Crippen molar-refractivity contribution in [2.45, 2.75) is 25.9 Å². The van der Waals surface area contributed by atoms with E-state index in [0.717, 1.165) is 37.2 Å². The first-order valence-electron chi connectivity index (χ1n) is 6.90. The number of nitrogens with one attached hydrogen (secondary N) is 1. The van der Waals surface area contributed by atoms with Gasteiger partial charge in [-0.15, -0.1) is 0 Å². The van der Waals surface area contributed by atoms with Crippen molar-refractivity contribution in [1.82, 2.24) is 4.90 Å². The smallest absolute Gasteiger partial charge is 0.238 e. The number of hydrogen-bond acceptors (Lipinski definition) is 3. The summed E-state index contributed by atoms with van der Waals surface area (Å²) >= 11 is 6.05. The zero-order valence-corrected chi connectivity index (χ0v) is 12.7. The molecule has 0 atom stereocenters. The lowest BCUT2D eigenvalue weighted by Gasteiger charge is -2.30. The van der Waals surface area contributed by atoms with Crippen LogP contribution in [0.2, 0.25) is 5.02 Å². The number of rotatable bonds is 4. The molecule has 0 bridgehead atoms. The minimum Gasteiger partial charge on any atom is -0.381 e. The molecule has 5 heteroatoms. The SMILES string of the molecule is COC1CCN(CC(=O)Nc2cccc(Cl)c2C)CC1. The van der Waals surface area contributed by atoms with Crippen LogP contribution in [0.1, 0.15) is 18.4 Å². The van der Waals surface area contributed by atoms with E-state index in [-0.39, 0.29) is 5.91 Å². The van der Waals surface area contributed by atoms with Gasteiger partial charge < -0.3 is 10.1 Å². The largest absolute Gasteiger partial charge is 0.381 e. The second kappa shape index (κ2) is 7.07. The van der Waals surface area contributed by atoms with E-state index in [1.807, 2.05) is 25.1 Å². The summed E-state index contributed by atoms with van der Waals surface area (Å²) in [5.74, 6) is 0.00577. The van der Waals surface area contributed by atoms with E-state index in [0.29, 0.717) is 17.7 Å². The van der Waals surface area contributed by atoms with E-state index >= 15 is 0 Å². The summed E-state index contributed by atoms with van der Waals surface area (Å²) in [6, 6.07) is 5.54. The molecule has 1 aromatic rings. The molecule has 1 aliphatic heterocycles. The summed E-state index contributed by atoms with van der Waals surface area (Å²) < 4.78 is 5.33. The fourth-order valence-electron chi connectivity index (χ4n) is 2.44. The van der Waals surface area contributed by atoms with Gasteiger partial charge in [0.25, 0.3) is 0 Å². The van der Waals surface area contributed by atoms with Crippen LogP contribution < -0.4 is 5.32 Å². The Bertz CT molecular complexity index is 471. The third-order valence-electron chi connectivity index (χ3n) is 3.78. The number of carbonyl (C=O) groups is 1. The molecule has 20 heavy (non-hydrogen) atoms. The Labute approximate surface area is 125 Å². The lowest BCUT2D eigenvalue weighted by molar-refractivity contribution is -0.117. The molecule has 0 aromatic heterocycles. The highest BCUT2D eigenvalue weighted by atomic mass is 35.5. The topological polar surface area (TPSA) is 41.6 Å². The van der Waals surface area contributed by atoms with Crippen LogP contribution in [0.3, 0.4) is 0 Å². The van der Waals surface area contributed by atoms with Gasteiger partial charge in [0.1, 0.15) is 0 Å². The molecule has 1 saturated heterocycles. The van der Waals surface area contributed by atoms with E-state index in [4.69, 9.17) is 16.3 Å². The maximum Gasteiger partial charge on any atom is 0.238 e. The van der Waals surface area contributed by atoms with Gasteiger partial charge in [0.15, 0.2) is 0 Å². The Morgan fingerprint density at radius 1 is 1.45 bits per heavy atom. The van der Waals surface area contributed by atoms with E-state index in [9.17, 15) is 4.79 Å². The van der Waals surface area contributed by atoms with Crippen LogP contribution in [0.25, 0.3) is 0 Å². The van der Waals surface area contributed by atoms with E-state index in [1.54, 1.807) is 7.11 Å². The van der Waals surface area contributed by atoms with Crippen molar-refractivity contribution in [3.05, 3.63) is 28.8 Å². The minimum atomic E-state index is 0.00577. The molecule has 2 rings (SSSR count). The Hall–Kier alpha value is -1.10. The molecular weight excluding hydrogens is 276 g/mol. The number of amides is 1. The van der Waals surface area contributed by atoms with Crippen LogP contribution in [0.15, 0.2) is 18.2 Å². The predicted molar refractivity (Wildman–Crippen MR) is 81.3 cm³/mol. The highest BCUT2D eigenvalue weighted by molar-refractivity contribution is 6.31. The molecule has 1 heterocycles. The van der Waals surface area contributed by atoms with Crippen molar-refractivity contribution in [3.63, 3.8) is 0 Å². The van der Waals surface area contributed by atoms with Crippen LogP contribution in [0, 0.1) is 6.92 Å². The summed E-state index contributed by atoms with van der Waals surface area (Å²) in [7, 11) is 1.74. The van der Waals surface area contributed by atoms with Crippen molar-refractivity contribution in [2.75, 3.05) is 32.1 Å². The number of ether oxygens (including phenoxy) is 1. The zero-order valence-electron chi connectivity index (χ0n) is 12.0. The van der Waals surface area contributed by atoms with Crippen molar-refractivity contribution < 1.29 is 9.53 Å². The quantitative estimate of drug-likeness (QED) is 0.929. The molecular formula is C15H21ClN2O2. The number of carbonyl (C=O) groups excluding carboxylic acids is 1. The van der Waals surface area contributed by atoms with Crippen LogP contribution >= 0.6 is 11.6 Å². The first-order valence-corrected chi connectivity index (χ1v) is 7.28. The number of hydrogen-bond donors (Lipinski definition) is 1. The average Bonchev–Trinajstić information content (AvgIpc) is 2.45. The van der Waals surface area contributed by atoms with Crippen LogP contribution in [-0.2, 0) is 9.53 Å². The van der Waals surface area contributed by atoms with Gasteiger partial charge in [-0.1, -0.05) is 17.7 Å². The first kappa shape index (κ1) is 15.3. The Balaban J connectivity index is 1.85. The molecule has 0 saturated carbocycles.